The van der Waals surface area contributed by atoms with E-state index in [0.29, 0.717) is 22.5 Å². The normalized spacial score (nSPS) is 11.2. The van der Waals surface area contributed by atoms with E-state index >= 15 is 0 Å². The lowest BCUT2D eigenvalue weighted by atomic mass is 10.1. The Balaban J connectivity index is 1.57. The second-order valence-electron chi connectivity index (χ2n) is 8.92. The fourth-order valence-corrected chi connectivity index (χ4v) is 4.24. The summed E-state index contributed by atoms with van der Waals surface area (Å²) in [7, 11) is 0. The van der Waals surface area contributed by atoms with Crippen LogP contribution in [0.2, 0.25) is 0 Å². The zero-order chi connectivity index (χ0) is 27.2. The van der Waals surface area contributed by atoms with Gasteiger partial charge in [-0.15, -0.1) is 0 Å². The molecule has 0 fully saturated rings. The van der Waals surface area contributed by atoms with Gasteiger partial charge in [0.1, 0.15) is 11.4 Å². The fourth-order valence-electron chi connectivity index (χ4n) is 3.97. The minimum absolute atomic E-state index is 0.0910. The molecule has 0 radical (unpaired) electrons. The second kappa shape index (κ2) is 11.8. The number of aryl methyl sites for hydroxylation is 1. The fraction of sp³-hybridized carbons (Fsp3) is 0.0312. The van der Waals surface area contributed by atoms with Gasteiger partial charge in [0.05, 0.1) is 5.69 Å². The number of halogens is 1. The maximum atomic E-state index is 13.5. The van der Waals surface area contributed by atoms with Gasteiger partial charge >= 0.3 is 0 Å². The summed E-state index contributed by atoms with van der Waals surface area (Å²) in [6.07, 6.45) is 3.51. The summed E-state index contributed by atoms with van der Waals surface area (Å²) >= 11 is 3.39. The van der Waals surface area contributed by atoms with E-state index in [1.807, 2.05) is 98.0 Å². The Morgan fingerprint density at radius 2 is 1.46 bits per heavy atom. The molecule has 192 valence electrons. The van der Waals surface area contributed by atoms with Crippen molar-refractivity contribution in [3.05, 3.63) is 142 Å². The van der Waals surface area contributed by atoms with Gasteiger partial charge in [0, 0.05) is 33.0 Å². The molecule has 0 aliphatic rings. The number of nitrogens with zero attached hydrogens (tertiary/aromatic N) is 2. The van der Waals surface area contributed by atoms with Crippen molar-refractivity contribution < 1.29 is 9.59 Å². The highest BCUT2D eigenvalue weighted by atomic mass is 79.9. The second-order valence-corrected chi connectivity index (χ2v) is 9.83. The standard InChI is InChI=1S/C32H25BrN4O2/c1-22-12-18-27(19-13-22)34-32(39)29(35-31(38)24-14-16-26(33)17-15-24)20-25-21-37(28-10-6-3-7-11-28)36-30(25)23-8-4-2-5-9-23/h2-21H,1H3,(H,34,39)(H,35,38)/b29-20-. The van der Waals surface area contributed by atoms with Crippen LogP contribution in [-0.4, -0.2) is 21.6 Å². The van der Waals surface area contributed by atoms with Gasteiger partial charge in [0.25, 0.3) is 11.8 Å². The van der Waals surface area contributed by atoms with Gasteiger partial charge in [-0.3, -0.25) is 9.59 Å². The number of amides is 2. The van der Waals surface area contributed by atoms with Gasteiger partial charge in [0.15, 0.2) is 0 Å². The first kappa shape index (κ1) is 25.9. The molecule has 2 N–H and O–H groups in total. The summed E-state index contributed by atoms with van der Waals surface area (Å²) in [5.74, 6) is -0.847. The average molecular weight is 577 g/mol. The Bertz CT molecular complexity index is 1630. The van der Waals surface area contributed by atoms with E-state index in [-0.39, 0.29) is 5.70 Å². The number of para-hydroxylation sites is 1. The molecular weight excluding hydrogens is 552 g/mol. The lowest BCUT2D eigenvalue weighted by Gasteiger charge is -2.12. The first-order chi connectivity index (χ1) is 19.0. The van der Waals surface area contributed by atoms with Crippen molar-refractivity contribution in [3.8, 4) is 16.9 Å². The molecule has 0 aliphatic heterocycles. The number of nitrogens with one attached hydrogen (secondary N) is 2. The van der Waals surface area contributed by atoms with E-state index in [4.69, 9.17) is 5.10 Å². The molecule has 4 aromatic carbocycles. The molecule has 0 saturated heterocycles. The molecule has 39 heavy (non-hydrogen) atoms. The van der Waals surface area contributed by atoms with Crippen molar-refractivity contribution >= 4 is 39.5 Å². The number of benzene rings is 4. The lowest BCUT2D eigenvalue weighted by molar-refractivity contribution is -0.113. The SMILES string of the molecule is Cc1ccc(NC(=O)/C(=C/c2cn(-c3ccccc3)nc2-c2ccccc2)NC(=O)c2ccc(Br)cc2)cc1. The maximum Gasteiger partial charge on any atom is 0.272 e. The minimum atomic E-state index is -0.448. The predicted molar refractivity (Wildman–Crippen MR) is 158 cm³/mol. The number of anilines is 1. The number of rotatable bonds is 7. The summed E-state index contributed by atoms with van der Waals surface area (Å²) < 4.78 is 2.62. The van der Waals surface area contributed by atoms with Gasteiger partial charge in [-0.05, 0) is 61.5 Å². The monoisotopic (exact) mass is 576 g/mol. The molecule has 2 amide bonds. The largest absolute Gasteiger partial charge is 0.321 e. The van der Waals surface area contributed by atoms with Crippen LogP contribution < -0.4 is 10.6 Å². The Morgan fingerprint density at radius 1 is 0.821 bits per heavy atom. The smallest absolute Gasteiger partial charge is 0.272 e. The van der Waals surface area contributed by atoms with E-state index in [9.17, 15) is 9.59 Å². The van der Waals surface area contributed by atoms with Crippen molar-refractivity contribution in [2.45, 2.75) is 6.92 Å². The molecule has 0 bridgehead atoms. The molecule has 0 spiro atoms. The van der Waals surface area contributed by atoms with Crippen molar-refractivity contribution in [1.82, 2.24) is 15.1 Å². The summed E-state index contributed by atoms with van der Waals surface area (Å²) in [6.45, 7) is 1.98. The summed E-state index contributed by atoms with van der Waals surface area (Å²) in [5, 5.41) is 10.5. The highest BCUT2D eigenvalue weighted by Crippen LogP contribution is 2.26. The molecule has 1 aromatic heterocycles. The van der Waals surface area contributed by atoms with E-state index in [1.165, 1.54) is 0 Å². The van der Waals surface area contributed by atoms with Crippen LogP contribution >= 0.6 is 15.9 Å². The van der Waals surface area contributed by atoms with Crippen LogP contribution in [-0.2, 0) is 4.79 Å². The molecule has 0 saturated carbocycles. The third-order valence-electron chi connectivity index (χ3n) is 6.02. The number of hydrogen-bond donors (Lipinski definition) is 2. The van der Waals surface area contributed by atoms with Crippen LogP contribution in [0.4, 0.5) is 5.69 Å². The topological polar surface area (TPSA) is 76.0 Å². The van der Waals surface area contributed by atoms with Crippen LogP contribution in [0, 0.1) is 6.92 Å². The number of aromatic nitrogens is 2. The van der Waals surface area contributed by atoms with Gasteiger partial charge < -0.3 is 10.6 Å². The minimum Gasteiger partial charge on any atom is -0.321 e. The number of carbonyl (C=O) groups is 2. The Hall–Kier alpha value is -4.75. The Kier molecular flexibility index (Phi) is 7.80. The summed E-state index contributed by atoms with van der Waals surface area (Å²) in [4.78, 5) is 26.7. The number of hydrogen-bond acceptors (Lipinski definition) is 3. The molecule has 7 heteroatoms. The molecule has 0 aliphatic carbocycles. The molecule has 1 heterocycles. The van der Waals surface area contributed by atoms with Crippen LogP contribution in [0.1, 0.15) is 21.5 Å². The van der Waals surface area contributed by atoms with Crippen molar-refractivity contribution in [2.24, 2.45) is 0 Å². The molecule has 6 nitrogen and oxygen atoms in total. The highest BCUT2D eigenvalue weighted by molar-refractivity contribution is 9.10. The third-order valence-corrected chi connectivity index (χ3v) is 6.55. The zero-order valence-electron chi connectivity index (χ0n) is 21.1. The highest BCUT2D eigenvalue weighted by Gasteiger charge is 2.18. The van der Waals surface area contributed by atoms with Crippen molar-refractivity contribution in [3.63, 3.8) is 0 Å². The first-order valence-corrected chi connectivity index (χ1v) is 13.1. The molecule has 5 aromatic rings. The summed E-state index contributed by atoms with van der Waals surface area (Å²) in [5.41, 5.74) is 5.33. The van der Waals surface area contributed by atoms with Crippen LogP contribution in [0.25, 0.3) is 23.0 Å². The maximum absolute atomic E-state index is 13.5. The first-order valence-electron chi connectivity index (χ1n) is 12.3. The van der Waals surface area contributed by atoms with E-state index in [0.717, 1.165) is 21.3 Å². The molecular formula is C32H25BrN4O2. The van der Waals surface area contributed by atoms with E-state index in [1.54, 1.807) is 35.0 Å². The number of carbonyl (C=O) groups excluding carboxylic acids is 2. The quantitative estimate of drug-likeness (QED) is 0.204. The third kappa shape index (κ3) is 6.40. The molecule has 0 unspecified atom stereocenters. The average Bonchev–Trinajstić information content (AvgIpc) is 3.39. The van der Waals surface area contributed by atoms with Crippen molar-refractivity contribution in [2.75, 3.05) is 5.32 Å². The lowest BCUT2D eigenvalue weighted by Crippen LogP contribution is -2.30. The molecule has 5 rings (SSSR count). The van der Waals surface area contributed by atoms with Crippen LogP contribution in [0.15, 0.2) is 126 Å². The van der Waals surface area contributed by atoms with Gasteiger partial charge in [-0.2, -0.15) is 5.10 Å². The van der Waals surface area contributed by atoms with E-state index < -0.39 is 11.8 Å². The van der Waals surface area contributed by atoms with E-state index in [2.05, 4.69) is 26.6 Å². The van der Waals surface area contributed by atoms with Crippen LogP contribution in [0.5, 0.6) is 0 Å². The zero-order valence-corrected chi connectivity index (χ0v) is 22.7. The van der Waals surface area contributed by atoms with Gasteiger partial charge in [0.2, 0.25) is 0 Å². The Labute approximate surface area is 235 Å². The van der Waals surface area contributed by atoms with Crippen LogP contribution in [0.3, 0.4) is 0 Å². The van der Waals surface area contributed by atoms with Crippen molar-refractivity contribution in [1.29, 1.82) is 0 Å². The Morgan fingerprint density at radius 3 is 2.13 bits per heavy atom. The predicted octanol–water partition coefficient (Wildman–Crippen LogP) is 7.02. The molecule has 0 atom stereocenters. The van der Waals surface area contributed by atoms with Gasteiger partial charge in [-0.1, -0.05) is 82.2 Å². The summed E-state index contributed by atoms with van der Waals surface area (Å²) in [6, 6.07) is 33.9. The van der Waals surface area contributed by atoms with Gasteiger partial charge in [-0.25, -0.2) is 4.68 Å².